The van der Waals surface area contributed by atoms with Gasteiger partial charge in [0.1, 0.15) is 0 Å². The Kier molecular flexibility index (Phi) is 11.3. The van der Waals surface area contributed by atoms with Crippen molar-refractivity contribution in [3.8, 4) is 0 Å². The molecule has 1 unspecified atom stereocenters. The van der Waals surface area contributed by atoms with Gasteiger partial charge in [-0.05, 0) is 33.6 Å². The van der Waals surface area contributed by atoms with Gasteiger partial charge in [0, 0.05) is 39.1 Å². The van der Waals surface area contributed by atoms with Crippen LogP contribution in [0.3, 0.4) is 0 Å². The average Bonchev–Trinajstić information content (AvgIpc) is 2.44. The summed E-state index contributed by atoms with van der Waals surface area (Å²) in [6, 6.07) is 0.791. The van der Waals surface area contributed by atoms with Crippen LogP contribution in [0.15, 0.2) is 0 Å². The summed E-state index contributed by atoms with van der Waals surface area (Å²) in [4.78, 5) is 0. The molecule has 0 aromatic heterocycles. The Morgan fingerprint density at radius 1 is 0.909 bits per heavy atom. The minimum Gasteiger partial charge on any atom is -0.379 e. The Labute approximate surface area is 135 Å². The molecule has 1 aliphatic heterocycles. The van der Waals surface area contributed by atoms with Gasteiger partial charge in [-0.3, -0.25) is 0 Å². The Hall–Kier alpha value is -0.0231. The highest BCUT2D eigenvalue weighted by atomic mass is 28.4. The van der Waals surface area contributed by atoms with Gasteiger partial charge in [-0.25, -0.2) is 0 Å². The molecule has 0 radical (unpaired) electrons. The molecule has 0 aliphatic carbocycles. The summed E-state index contributed by atoms with van der Waals surface area (Å²) >= 11 is 0. The molecule has 22 heavy (non-hydrogen) atoms. The lowest BCUT2D eigenvalue weighted by atomic mass is 10.2. The van der Waals surface area contributed by atoms with Gasteiger partial charge in [0.15, 0.2) is 0 Å². The zero-order chi connectivity index (χ0) is 16.1. The number of rotatable bonds is 15. The summed E-state index contributed by atoms with van der Waals surface area (Å²) < 4.78 is 33.8. The van der Waals surface area contributed by atoms with E-state index in [1.807, 2.05) is 20.8 Å². The van der Waals surface area contributed by atoms with Crippen LogP contribution in [0.1, 0.15) is 33.6 Å². The molecule has 132 valence electrons. The molecule has 0 spiro atoms. The molecule has 1 aliphatic rings. The van der Waals surface area contributed by atoms with Crippen molar-refractivity contribution in [3.63, 3.8) is 0 Å². The molecule has 7 heteroatoms. The molecular weight excluding hydrogens is 304 g/mol. The molecule has 0 amide bonds. The zero-order valence-corrected chi connectivity index (χ0v) is 15.3. The van der Waals surface area contributed by atoms with Crippen LogP contribution in [-0.2, 0) is 27.5 Å². The quantitative estimate of drug-likeness (QED) is 0.338. The van der Waals surface area contributed by atoms with Gasteiger partial charge < -0.3 is 27.5 Å². The zero-order valence-electron chi connectivity index (χ0n) is 14.3. The Morgan fingerprint density at radius 2 is 1.50 bits per heavy atom. The Morgan fingerprint density at radius 3 is 2.00 bits per heavy atom. The van der Waals surface area contributed by atoms with Crippen molar-refractivity contribution in [2.24, 2.45) is 0 Å². The van der Waals surface area contributed by atoms with Crippen molar-refractivity contribution < 1.29 is 27.5 Å². The van der Waals surface area contributed by atoms with E-state index in [1.54, 1.807) is 0 Å². The van der Waals surface area contributed by atoms with Crippen molar-refractivity contribution in [1.29, 1.82) is 0 Å². The molecule has 1 fully saturated rings. The summed E-state index contributed by atoms with van der Waals surface area (Å²) in [7, 11) is -2.51. The first kappa shape index (κ1) is 20.0. The predicted octanol–water partition coefficient (Wildman–Crippen LogP) is 2.25. The van der Waals surface area contributed by atoms with E-state index in [0.29, 0.717) is 52.4 Å². The first-order valence-electron chi connectivity index (χ1n) is 8.45. The standard InChI is InChI=1S/C15H32O6Si/c1-4-19-22(20-5-2,21-6-3)13-7-9-16-11-12-17-14-15-8-10-18-15/h15H,4-14H2,1-3H3. The fourth-order valence-electron chi connectivity index (χ4n) is 2.24. The Balaban J connectivity index is 2.05. The summed E-state index contributed by atoms with van der Waals surface area (Å²) in [6.07, 6.45) is 2.29. The van der Waals surface area contributed by atoms with Crippen LogP contribution in [0.5, 0.6) is 0 Å². The van der Waals surface area contributed by atoms with Crippen LogP contribution in [0.2, 0.25) is 6.04 Å². The molecule has 6 nitrogen and oxygen atoms in total. The third kappa shape index (κ3) is 8.01. The second-order valence-corrected chi connectivity index (χ2v) is 7.79. The lowest BCUT2D eigenvalue weighted by molar-refractivity contribution is -0.0986. The Bertz CT molecular complexity index is 245. The highest BCUT2D eigenvalue weighted by Crippen LogP contribution is 2.18. The largest absolute Gasteiger partial charge is 0.501 e. The number of hydrogen-bond acceptors (Lipinski definition) is 6. The van der Waals surface area contributed by atoms with Crippen molar-refractivity contribution in [1.82, 2.24) is 0 Å². The van der Waals surface area contributed by atoms with Crippen LogP contribution in [0.4, 0.5) is 0 Å². The SMILES string of the molecule is CCO[Si](CCCOCCOCC1CCO1)(OCC)OCC. The smallest absolute Gasteiger partial charge is 0.379 e. The van der Waals surface area contributed by atoms with Crippen molar-refractivity contribution in [2.45, 2.75) is 45.8 Å². The van der Waals surface area contributed by atoms with E-state index in [9.17, 15) is 0 Å². The molecule has 1 atom stereocenters. The van der Waals surface area contributed by atoms with Gasteiger partial charge in [0.2, 0.25) is 0 Å². The van der Waals surface area contributed by atoms with Gasteiger partial charge in [-0.2, -0.15) is 0 Å². The summed E-state index contributed by atoms with van der Waals surface area (Å²) in [5.74, 6) is 0. The first-order valence-corrected chi connectivity index (χ1v) is 10.4. The van der Waals surface area contributed by atoms with Crippen molar-refractivity contribution >= 4 is 8.80 Å². The minimum absolute atomic E-state index is 0.301. The first-order chi connectivity index (χ1) is 10.8. The number of hydrogen-bond donors (Lipinski definition) is 0. The van der Waals surface area contributed by atoms with Gasteiger partial charge in [0.05, 0.1) is 25.9 Å². The fourth-order valence-corrected chi connectivity index (χ4v) is 4.82. The van der Waals surface area contributed by atoms with E-state index in [4.69, 9.17) is 27.5 Å². The normalized spacial score (nSPS) is 18.4. The van der Waals surface area contributed by atoms with E-state index in [1.165, 1.54) is 0 Å². The highest BCUT2D eigenvalue weighted by molar-refractivity contribution is 6.60. The van der Waals surface area contributed by atoms with E-state index >= 15 is 0 Å². The maximum Gasteiger partial charge on any atom is 0.501 e. The van der Waals surface area contributed by atoms with E-state index in [2.05, 4.69) is 0 Å². The van der Waals surface area contributed by atoms with Crippen LogP contribution in [0, 0.1) is 0 Å². The number of ether oxygens (including phenoxy) is 3. The molecule has 1 rings (SSSR count). The average molecular weight is 337 g/mol. The lowest BCUT2D eigenvalue weighted by Gasteiger charge is -2.28. The van der Waals surface area contributed by atoms with Gasteiger partial charge in [-0.15, -0.1) is 0 Å². The topological polar surface area (TPSA) is 55.4 Å². The third-order valence-corrected chi connectivity index (χ3v) is 6.48. The van der Waals surface area contributed by atoms with Crippen molar-refractivity contribution in [3.05, 3.63) is 0 Å². The molecule has 0 aromatic rings. The molecule has 0 N–H and O–H groups in total. The highest BCUT2D eigenvalue weighted by Gasteiger charge is 2.39. The lowest BCUT2D eigenvalue weighted by Crippen LogP contribution is -2.46. The maximum atomic E-state index is 5.80. The van der Waals surface area contributed by atoms with E-state index in [0.717, 1.165) is 25.5 Å². The van der Waals surface area contributed by atoms with Gasteiger partial charge >= 0.3 is 8.80 Å². The maximum absolute atomic E-state index is 5.80. The van der Waals surface area contributed by atoms with E-state index in [-0.39, 0.29) is 0 Å². The van der Waals surface area contributed by atoms with Gasteiger partial charge in [-0.1, -0.05) is 0 Å². The molecule has 1 heterocycles. The monoisotopic (exact) mass is 336 g/mol. The van der Waals surface area contributed by atoms with Crippen LogP contribution in [-0.4, -0.2) is 67.8 Å². The molecule has 0 aromatic carbocycles. The van der Waals surface area contributed by atoms with Crippen LogP contribution < -0.4 is 0 Å². The fraction of sp³-hybridized carbons (Fsp3) is 1.00. The third-order valence-electron chi connectivity index (χ3n) is 3.33. The minimum atomic E-state index is -2.51. The van der Waals surface area contributed by atoms with Crippen LogP contribution >= 0.6 is 0 Å². The summed E-state index contributed by atoms with van der Waals surface area (Å²) in [5.41, 5.74) is 0. The van der Waals surface area contributed by atoms with Crippen LogP contribution in [0.25, 0.3) is 0 Å². The summed E-state index contributed by atoms with van der Waals surface area (Å²) in [6.45, 7) is 11.2. The van der Waals surface area contributed by atoms with E-state index < -0.39 is 8.80 Å². The summed E-state index contributed by atoms with van der Waals surface area (Å²) in [5, 5.41) is 0. The molecule has 1 saturated heterocycles. The molecular formula is C15H32O6Si. The second kappa shape index (κ2) is 12.4. The second-order valence-electron chi connectivity index (χ2n) is 5.05. The molecule has 0 bridgehead atoms. The van der Waals surface area contributed by atoms with Gasteiger partial charge in [0.25, 0.3) is 0 Å². The molecule has 0 saturated carbocycles. The predicted molar refractivity (Wildman–Crippen MR) is 86.1 cm³/mol. The van der Waals surface area contributed by atoms with Crippen molar-refractivity contribution in [2.75, 3.05) is 52.9 Å².